The van der Waals surface area contributed by atoms with Crippen LogP contribution in [0, 0.1) is 12.8 Å². The summed E-state index contributed by atoms with van der Waals surface area (Å²) in [6.45, 7) is 3.94. The molecule has 1 rings (SSSR count). The summed E-state index contributed by atoms with van der Waals surface area (Å²) in [5.41, 5.74) is 0. The molecule has 1 heteroatoms. The summed E-state index contributed by atoms with van der Waals surface area (Å²) in [4.78, 5) is 0. The van der Waals surface area contributed by atoms with Crippen LogP contribution in [-0.2, 0) is 19.5 Å². The fourth-order valence-corrected chi connectivity index (χ4v) is 1.01. The Morgan fingerprint density at radius 1 is 1.14 bits per heavy atom. The van der Waals surface area contributed by atoms with Gasteiger partial charge >= 0.3 is 0 Å². The van der Waals surface area contributed by atoms with E-state index < -0.39 is 0 Å². The van der Waals surface area contributed by atoms with E-state index in [1.54, 1.807) is 0 Å². The fraction of sp³-hybridized carbons (Fsp3) is 0.833. The van der Waals surface area contributed by atoms with Crippen LogP contribution in [-0.4, -0.2) is 0 Å². The van der Waals surface area contributed by atoms with Gasteiger partial charge in [0.2, 0.25) is 0 Å². The SMILES string of the molecule is [CH2-]C1CCCC1.[Zn]. The van der Waals surface area contributed by atoms with Gasteiger partial charge in [-0.3, -0.25) is 0 Å². The predicted octanol–water partition coefficient (Wildman–Crippen LogP) is 2.01. The van der Waals surface area contributed by atoms with Crippen LogP contribution in [0.4, 0.5) is 0 Å². The van der Waals surface area contributed by atoms with Crippen LogP contribution in [0.15, 0.2) is 0 Å². The summed E-state index contributed by atoms with van der Waals surface area (Å²) in [7, 11) is 0. The van der Waals surface area contributed by atoms with Crippen molar-refractivity contribution >= 4 is 0 Å². The molecule has 0 aliphatic heterocycles. The molecule has 0 aromatic carbocycles. The van der Waals surface area contributed by atoms with Crippen molar-refractivity contribution in [1.29, 1.82) is 0 Å². The summed E-state index contributed by atoms with van der Waals surface area (Å²) in [5, 5.41) is 0. The van der Waals surface area contributed by atoms with E-state index in [9.17, 15) is 0 Å². The monoisotopic (exact) mass is 147 g/mol. The first-order valence-electron chi connectivity index (χ1n) is 2.72. The normalized spacial score (nSPS) is 21.9. The van der Waals surface area contributed by atoms with Gasteiger partial charge in [-0.1, -0.05) is 25.7 Å². The minimum absolute atomic E-state index is 0. The number of hydrogen-bond acceptors (Lipinski definition) is 0. The molecular formula is C6H11Zn-. The third-order valence-electron chi connectivity index (χ3n) is 1.47. The Morgan fingerprint density at radius 3 is 1.71 bits per heavy atom. The first kappa shape index (κ1) is 7.62. The first-order valence-corrected chi connectivity index (χ1v) is 2.72. The van der Waals surface area contributed by atoms with Gasteiger partial charge in [0, 0.05) is 19.5 Å². The minimum Gasteiger partial charge on any atom is -0.340 e. The second-order valence-electron chi connectivity index (χ2n) is 2.15. The van der Waals surface area contributed by atoms with Crippen molar-refractivity contribution in [3.05, 3.63) is 6.92 Å². The molecule has 0 bridgehead atoms. The molecule has 0 radical (unpaired) electrons. The molecular weight excluding hydrogens is 137 g/mol. The van der Waals surface area contributed by atoms with Gasteiger partial charge in [0.25, 0.3) is 0 Å². The smallest absolute Gasteiger partial charge is 0 e. The van der Waals surface area contributed by atoms with Crippen molar-refractivity contribution in [2.24, 2.45) is 5.92 Å². The van der Waals surface area contributed by atoms with E-state index in [4.69, 9.17) is 0 Å². The average Bonchev–Trinajstić information content (AvgIpc) is 1.86. The van der Waals surface area contributed by atoms with Crippen LogP contribution < -0.4 is 0 Å². The van der Waals surface area contributed by atoms with Crippen molar-refractivity contribution in [2.75, 3.05) is 0 Å². The van der Waals surface area contributed by atoms with Crippen LogP contribution >= 0.6 is 0 Å². The largest absolute Gasteiger partial charge is 0.340 e. The fourth-order valence-electron chi connectivity index (χ4n) is 1.01. The molecule has 0 nitrogen and oxygen atoms in total. The van der Waals surface area contributed by atoms with Crippen molar-refractivity contribution in [2.45, 2.75) is 25.7 Å². The second-order valence-corrected chi connectivity index (χ2v) is 2.15. The van der Waals surface area contributed by atoms with E-state index in [1.165, 1.54) is 25.7 Å². The van der Waals surface area contributed by atoms with E-state index in [-0.39, 0.29) is 19.5 Å². The maximum atomic E-state index is 3.94. The van der Waals surface area contributed by atoms with Crippen LogP contribution in [0.3, 0.4) is 0 Å². The Morgan fingerprint density at radius 2 is 1.57 bits per heavy atom. The molecule has 0 heterocycles. The third kappa shape index (κ3) is 2.44. The van der Waals surface area contributed by atoms with Gasteiger partial charge < -0.3 is 6.92 Å². The van der Waals surface area contributed by atoms with E-state index in [0.29, 0.717) is 0 Å². The summed E-state index contributed by atoms with van der Waals surface area (Å²) >= 11 is 0. The van der Waals surface area contributed by atoms with Crippen molar-refractivity contribution in [1.82, 2.24) is 0 Å². The van der Waals surface area contributed by atoms with E-state index in [2.05, 4.69) is 6.92 Å². The zero-order chi connectivity index (χ0) is 4.41. The summed E-state index contributed by atoms with van der Waals surface area (Å²) in [5.74, 6) is 0.796. The topological polar surface area (TPSA) is 0 Å². The molecule has 0 aromatic heterocycles. The average molecular weight is 149 g/mol. The van der Waals surface area contributed by atoms with Crippen molar-refractivity contribution in [3.63, 3.8) is 0 Å². The zero-order valence-electron chi connectivity index (χ0n) is 4.82. The summed E-state index contributed by atoms with van der Waals surface area (Å²) in [6, 6.07) is 0. The number of hydrogen-bond donors (Lipinski definition) is 0. The molecule has 1 fully saturated rings. The molecule has 0 saturated heterocycles. The maximum absolute atomic E-state index is 3.94. The maximum Gasteiger partial charge on any atom is 0 e. The molecule has 0 atom stereocenters. The van der Waals surface area contributed by atoms with Gasteiger partial charge in [0.05, 0.1) is 0 Å². The Labute approximate surface area is 58.4 Å². The Hall–Kier alpha value is 0.623. The Balaban J connectivity index is 0.000000360. The molecule has 1 saturated carbocycles. The zero-order valence-corrected chi connectivity index (χ0v) is 7.79. The van der Waals surface area contributed by atoms with Gasteiger partial charge in [-0.2, -0.15) is 5.92 Å². The molecule has 0 unspecified atom stereocenters. The van der Waals surface area contributed by atoms with Gasteiger partial charge in [-0.15, -0.1) is 0 Å². The predicted molar refractivity (Wildman–Crippen MR) is 27.3 cm³/mol. The van der Waals surface area contributed by atoms with Crippen LogP contribution in [0.25, 0.3) is 0 Å². The second kappa shape index (κ2) is 3.60. The van der Waals surface area contributed by atoms with E-state index in [0.717, 1.165) is 5.92 Å². The molecule has 7 heavy (non-hydrogen) atoms. The molecule has 1 aliphatic rings. The molecule has 0 spiro atoms. The summed E-state index contributed by atoms with van der Waals surface area (Å²) in [6.07, 6.45) is 5.60. The van der Waals surface area contributed by atoms with E-state index in [1.807, 2.05) is 0 Å². The number of rotatable bonds is 0. The Kier molecular flexibility index (Phi) is 3.92. The molecule has 38 valence electrons. The molecule has 0 aromatic rings. The van der Waals surface area contributed by atoms with Gasteiger partial charge in [-0.25, -0.2) is 0 Å². The van der Waals surface area contributed by atoms with Crippen LogP contribution in [0.1, 0.15) is 25.7 Å². The third-order valence-corrected chi connectivity index (χ3v) is 1.47. The quantitative estimate of drug-likeness (QED) is 0.364. The molecule has 1 aliphatic carbocycles. The minimum atomic E-state index is 0. The van der Waals surface area contributed by atoms with Crippen molar-refractivity contribution < 1.29 is 19.5 Å². The van der Waals surface area contributed by atoms with Crippen molar-refractivity contribution in [3.8, 4) is 0 Å². The van der Waals surface area contributed by atoms with E-state index >= 15 is 0 Å². The Bertz CT molecular complexity index is 37.4. The molecule has 0 amide bonds. The standard InChI is InChI=1S/C6H11.Zn/c1-6-4-2-3-5-6;/h6H,1-5H2;/q-1;. The first-order chi connectivity index (χ1) is 2.89. The van der Waals surface area contributed by atoms with Gasteiger partial charge in [-0.05, 0) is 0 Å². The molecule has 0 N–H and O–H groups in total. The van der Waals surface area contributed by atoms with Crippen LogP contribution in [0.5, 0.6) is 0 Å². The van der Waals surface area contributed by atoms with Crippen LogP contribution in [0.2, 0.25) is 0 Å². The summed E-state index contributed by atoms with van der Waals surface area (Å²) < 4.78 is 0. The van der Waals surface area contributed by atoms with Gasteiger partial charge in [0.1, 0.15) is 0 Å². The van der Waals surface area contributed by atoms with Gasteiger partial charge in [0.15, 0.2) is 0 Å².